The van der Waals surface area contributed by atoms with E-state index in [1.807, 2.05) is 0 Å². The number of rotatable bonds is 2. The van der Waals surface area contributed by atoms with Gasteiger partial charge in [0.05, 0.1) is 5.56 Å². The highest BCUT2D eigenvalue weighted by Crippen LogP contribution is 2.20. The topological polar surface area (TPSA) is 55.1 Å². The molecule has 2 rings (SSSR count). The summed E-state index contributed by atoms with van der Waals surface area (Å²) < 4.78 is 14.0. The fraction of sp³-hybridized carbons (Fsp3) is 0.562. The molecule has 3 nitrogen and oxygen atoms in total. The average Bonchev–Trinajstić information content (AvgIpc) is 2.36. The molecule has 1 aliphatic rings. The number of carbonyl (C=O) groups excluding carboxylic acids is 1. The summed E-state index contributed by atoms with van der Waals surface area (Å²) in [5, 5.41) is 2.96. The quantitative estimate of drug-likeness (QED) is 0.813. The number of hydrogen-bond acceptors (Lipinski definition) is 2. The number of anilines is 1. The third-order valence-electron chi connectivity index (χ3n) is 3.96. The first-order valence-electron chi connectivity index (χ1n) is 7.44. The average molecular weight is 278 g/mol. The van der Waals surface area contributed by atoms with Crippen molar-refractivity contribution in [3.05, 3.63) is 29.1 Å². The van der Waals surface area contributed by atoms with E-state index in [0.717, 1.165) is 25.7 Å². The zero-order chi connectivity index (χ0) is 14.5. The molecule has 0 radical (unpaired) electrons. The van der Waals surface area contributed by atoms with E-state index in [2.05, 4.69) is 5.32 Å². The number of halogens is 1. The predicted octanol–water partition coefficient (Wildman–Crippen LogP) is 3.56. The Hall–Kier alpha value is -1.58. The number of hydrogen-bond donors (Lipinski definition) is 2. The van der Waals surface area contributed by atoms with Gasteiger partial charge in [-0.15, -0.1) is 0 Å². The van der Waals surface area contributed by atoms with E-state index in [-0.39, 0.29) is 17.5 Å². The van der Waals surface area contributed by atoms with Crippen molar-refractivity contribution < 1.29 is 9.18 Å². The third kappa shape index (κ3) is 3.71. The van der Waals surface area contributed by atoms with Gasteiger partial charge >= 0.3 is 0 Å². The van der Waals surface area contributed by atoms with Gasteiger partial charge in [-0.3, -0.25) is 4.79 Å². The van der Waals surface area contributed by atoms with Gasteiger partial charge in [-0.2, -0.15) is 0 Å². The molecule has 4 heteroatoms. The Labute approximate surface area is 119 Å². The van der Waals surface area contributed by atoms with Crippen molar-refractivity contribution in [1.82, 2.24) is 5.32 Å². The molecule has 1 aliphatic carbocycles. The highest BCUT2D eigenvalue weighted by Gasteiger charge is 2.19. The molecule has 0 saturated heterocycles. The second kappa shape index (κ2) is 6.73. The van der Waals surface area contributed by atoms with Crippen molar-refractivity contribution in [3.8, 4) is 0 Å². The van der Waals surface area contributed by atoms with Gasteiger partial charge in [0, 0.05) is 11.7 Å². The fourth-order valence-corrected chi connectivity index (χ4v) is 2.83. The Bertz CT molecular complexity index is 480. The summed E-state index contributed by atoms with van der Waals surface area (Å²) >= 11 is 0. The van der Waals surface area contributed by atoms with Crippen LogP contribution in [0.2, 0.25) is 0 Å². The minimum absolute atomic E-state index is 0.0598. The van der Waals surface area contributed by atoms with Crippen LogP contribution < -0.4 is 11.1 Å². The number of nitrogens with one attached hydrogen (secondary N) is 1. The molecule has 0 unspecified atom stereocenters. The van der Waals surface area contributed by atoms with Gasteiger partial charge < -0.3 is 11.1 Å². The number of aryl methyl sites for hydroxylation is 1. The number of nitrogen functional groups attached to an aromatic ring is 1. The summed E-state index contributed by atoms with van der Waals surface area (Å²) in [6.45, 7) is 1.62. The Morgan fingerprint density at radius 2 is 1.80 bits per heavy atom. The zero-order valence-electron chi connectivity index (χ0n) is 12.0. The van der Waals surface area contributed by atoms with Crippen LogP contribution in [-0.2, 0) is 0 Å². The van der Waals surface area contributed by atoms with Gasteiger partial charge in [0.15, 0.2) is 0 Å². The molecule has 1 fully saturated rings. The van der Waals surface area contributed by atoms with E-state index in [9.17, 15) is 9.18 Å². The minimum atomic E-state index is -0.470. The maximum atomic E-state index is 14.0. The van der Waals surface area contributed by atoms with Crippen LogP contribution in [0.1, 0.15) is 60.9 Å². The van der Waals surface area contributed by atoms with Crippen molar-refractivity contribution in [2.24, 2.45) is 0 Å². The number of benzene rings is 1. The molecule has 110 valence electrons. The summed E-state index contributed by atoms with van der Waals surface area (Å²) in [4.78, 5) is 12.2. The van der Waals surface area contributed by atoms with Crippen molar-refractivity contribution in [1.29, 1.82) is 0 Å². The van der Waals surface area contributed by atoms with Gasteiger partial charge in [-0.1, -0.05) is 32.1 Å². The number of nitrogens with two attached hydrogens (primary N) is 1. The monoisotopic (exact) mass is 278 g/mol. The maximum Gasteiger partial charge on any atom is 0.254 e. The van der Waals surface area contributed by atoms with Gasteiger partial charge in [-0.05, 0) is 37.5 Å². The first kappa shape index (κ1) is 14.8. The molecule has 0 bridgehead atoms. The Balaban J connectivity index is 2.07. The first-order valence-corrected chi connectivity index (χ1v) is 7.44. The minimum Gasteiger partial charge on any atom is -0.399 e. The van der Waals surface area contributed by atoms with E-state index in [1.165, 1.54) is 25.3 Å². The Morgan fingerprint density at radius 3 is 2.45 bits per heavy atom. The Morgan fingerprint density at radius 1 is 1.20 bits per heavy atom. The highest BCUT2D eigenvalue weighted by molar-refractivity contribution is 5.95. The van der Waals surface area contributed by atoms with Gasteiger partial charge in [0.2, 0.25) is 0 Å². The molecule has 1 aromatic rings. The molecule has 0 aliphatic heterocycles. The second-order valence-electron chi connectivity index (χ2n) is 5.71. The van der Waals surface area contributed by atoms with E-state index in [4.69, 9.17) is 5.73 Å². The van der Waals surface area contributed by atoms with Crippen molar-refractivity contribution in [2.75, 3.05) is 5.73 Å². The Kier molecular flexibility index (Phi) is 4.99. The lowest BCUT2D eigenvalue weighted by Gasteiger charge is -2.21. The SMILES string of the molecule is Cc1cc(N)cc(C(=O)NC2CCCCCCC2)c1F. The van der Waals surface area contributed by atoms with Crippen molar-refractivity contribution in [2.45, 2.75) is 57.9 Å². The molecular weight excluding hydrogens is 255 g/mol. The molecule has 0 spiro atoms. The zero-order valence-corrected chi connectivity index (χ0v) is 12.0. The summed E-state index contributed by atoms with van der Waals surface area (Å²) in [6.07, 6.45) is 7.94. The van der Waals surface area contributed by atoms with E-state index < -0.39 is 5.82 Å². The van der Waals surface area contributed by atoms with E-state index in [0.29, 0.717) is 11.3 Å². The standard InChI is InChI=1S/C16H23FN2O/c1-11-9-12(18)10-14(15(11)17)16(20)19-13-7-5-3-2-4-6-8-13/h9-10,13H,2-8,18H2,1H3,(H,19,20). The molecule has 0 atom stereocenters. The lowest BCUT2D eigenvalue weighted by molar-refractivity contribution is 0.0926. The van der Waals surface area contributed by atoms with Crippen LogP contribution >= 0.6 is 0 Å². The van der Waals surface area contributed by atoms with Crippen molar-refractivity contribution in [3.63, 3.8) is 0 Å². The normalized spacial score (nSPS) is 17.3. The summed E-state index contributed by atoms with van der Waals surface area (Å²) in [6, 6.07) is 3.12. The van der Waals surface area contributed by atoms with Crippen molar-refractivity contribution >= 4 is 11.6 Å². The molecule has 3 N–H and O–H groups in total. The van der Waals surface area contributed by atoms with Crippen LogP contribution in [0.3, 0.4) is 0 Å². The molecule has 1 amide bonds. The fourth-order valence-electron chi connectivity index (χ4n) is 2.83. The summed E-state index contributed by atoms with van der Waals surface area (Å²) in [5.74, 6) is -0.814. The molecular formula is C16H23FN2O. The second-order valence-corrected chi connectivity index (χ2v) is 5.71. The molecule has 0 heterocycles. The van der Waals surface area contributed by atoms with Crippen LogP contribution in [0, 0.1) is 12.7 Å². The summed E-state index contributed by atoms with van der Waals surface area (Å²) in [5.41, 5.74) is 6.59. The van der Waals surface area contributed by atoms with Crippen LogP contribution in [0.4, 0.5) is 10.1 Å². The molecule has 20 heavy (non-hydrogen) atoms. The van der Waals surface area contributed by atoms with Crippen LogP contribution in [0.25, 0.3) is 0 Å². The summed E-state index contributed by atoms with van der Waals surface area (Å²) in [7, 11) is 0. The first-order chi connectivity index (χ1) is 9.58. The predicted molar refractivity (Wildman–Crippen MR) is 79.1 cm³/mol. The molecule has 1 aromatic carbocycles. The van der Waals surface area contributed by atoms with Gasteiger partial charge in [-0.25, -0.2) is 4.39 Å². The van der Waals surface area contributed by atoms with Crippen LogP contribution in [-0.4, -0.2) is 11.9 Å². The van der Waals surface area contributed by atoms with E-state index >= 15 is 0 Å². The maximum absolute atomic E-state index is 14.0. The third-order valence-corrected chi connectivity index (χ3v) is 3.96. The molecule has 1 saturated carbocycles. The van der Waals surface area contributed by atoms with Gasteiger partial charge in [0.1, 0.15) is 5.82 Å². The lowest BCUT2D eigenvalue weighted by Crippen LogP contribution is -2.35. The highest BCUT2D eigenvalue weighted by atomic mass is 19.1. The van der Waals surface area contributed by atoms with Gasteiger partial charge in [0.25, 0.3) is 5.91 Å². The van der Waals surface area contributed by atoms with Crippen LogP contribution in [0.15, 0.2) is 12.1 Å². The number of amides is 1. The lowest BCUT2D eigenvalue weighted by atomic mass is 9.96. The van der Waals surface area contributed by atoms with Crippen LogP contribution in [0.5, 0.6) is 0 Å². The van der Waals surface area contributed by atoms with E-state index in [1.54, 1.807) is 13.0 Å². The number of carbonyl (C=O) groups is 1. The molecule has 0 aromatic heterocycles. The largest absolute Gasteiger partial charge is 0.399 e. The smallest absolute Gasteiger partial charge is 0.254 e.